The highest BCUT2D eigenvalue weighted by Gasteiger charge is 2.17. The Balaban J connectivity index is 4.10. The molecule has 0 aromatic rings. The molecular formula is C7H16N4O4S. The van der Waals surface area contributed by atoms with Gasteiger partial charge in [-0.1, -0.05) is 5.16 Å². The first kappa shape index (κ1) is 14.6. The summed E-state index contributed by atoms with van der Waals surface area (Å²) < 4.78 is 24.1. The van der Waals surface area contributed by atoms with Gasteiger partial charge in [0.05, 0.1) is 11.7 Å². The van der Waals surface area contributed by atoms with Crippen LogP contribution in [0.2, 0.25) is 0 Å². The highest BCUT2D eigenvalue weighted by Crippen LogP contribution is 1.94. The van der Waals surface area contributed by atoms with Gasteiger partial charge in [0.15, 0.2) is 5.84 Å². The molecule has 0 saturated heterocycles. The second kappa shape index (κ2) is 6.28. The van der Waals surface area contributed by atoms with Crippen LogP contribution in [0.3, 0.4) is 0 Å². The third-order valence-electron chi connectivity index (χ3n) is 1.93. The predicted molar refractivity (Wildman–Crippen MR) is 58.4 cm³/mol. The van der Waals surface area contributed by atoms with E-state index in [0.717, 1.165) is 0 Å². The van der Waals surface area contributed by atoms with Gasteiger partial charge < -0.3 is 16.3 Å². The summed E-state index contributed by atoms with van der Waals surface area (Å²) in [7, 11) is -2.05. The Morgan fingerprint density at radius 1 is 1.56 bits per heavy atom. The van der Waals surface area contributed by atoms with E-state index in [1.807, 2.05) is 0 Å². The third kappa shape index (κ3) is 4.94. The average molecular weight is 252 g/mol. The Morgan fingerprint density at radius 2 is 2.12 bits per heavy atom. The minimum atomic E-state index is -3.34. The fraction of sp³-hybridized carbons (Fsp3) is 0.714. The number of rotatable bonds is 6. The smallest absolute Gasteiger partial charge is 0.230 e. The number of hydrogen-bond acceptors (Lipinski definition) is 5. The molecule has 1 atom stereocenters. The zero-order chi connectivity index (χ0) is 12.8. The molecule has 0 rings (SSSR count). The van der Waals surface area contributed by atoms with Gasteiger partial charge in [0, 0.05) is 6.54 Å². The summed E-state index contributed by atoms with van der Waals surface area (Å²) in [6.07, 6.45) is 0. The molecule has 1 amide bonds. The first-order valence-corrected chi connectivity index (χ1v) is 6.15. The van der Waals surface area contributed by atoms with Crippen molar-refractivity contribution >= 4 is 21.8 Å². The Morgan fingerprint density at radius 3 is 2.56 bits per heavy atom. The lowest BCUT2D eigenvalue weighted by Gasteiger charge is -2.10. The summed E-state index contributed by atoms with van der Waals surface area (Å²) >= 11 is 0. The van der Waals surface area contributed by atoms with E-state index in [1.165, 1.54) is 14.0 Å². The van der Waals surface area contributed by atoms with E-state index in [0.29, 0.717) is 0 Å². The molecule has 0 spiro atoms. The maximum absolute atomic E-state index is 11.3. The van der Waals surface area contributed by atoms with Crippen molar-refractivity contribution < 1.29 is 18.4 Å². The Bertz CT molecular complexity index is 365. The number of hydrogen-bond donors (Lipinski definition) is 4. The number of nitrogens with one attached hydrogen (secondary N) is 2. The van der Waals surface area contributed by atoms with Crippen molar-refractivity contribution in [2.75, 3.05) is 19.3 Å². The van der Waals surface area contributed by atoms with Gasteiger partial charge in [-0.3, -0.25) is 4.79 Å². The van der Waals surface area contributed by atoms with Gasteiger partial charge in [-0.05, 0) is 14.0 Å². The Labute approximate surface area is 93.9 Å². The van der Waals surface area contributed by atoms with Gasteiger partial charge in [0.2, 0.25) is 15.9 Å². The number of nitrogens with zero attached hydrogens (tertiary/aromatic N) is 1. The van der Waals surface area contributed by atoms with Crippen LogP contribution < -0.4 is 15.8 Å². The lowest BCUT2D eigenvalue weighted by atomic mass is 10.1. The maximum atomic E-state index is 11.3. The van der Waals surface area contributed by atoms with Crippen molar-refractivity contribution in [2.45, 2.75) is 6.92 Å². The zero-order valence-corrected chi connectivity index (χ0v) is 9.91. The van der Waals surface area contributed by atoms with E-state index >= 15 is 0 Å². The van der Waals surface area contributed by atoms with Crippen molar-refractivity contribution in [1.29, 1.82) is 0 Å². The number of sulfonamides is 1. The highest BCUT2D eigenvalue weighted by molar-refractivity contribution is 7.89. The van der Waals surface area contributed by atoms with Crippen LogP contribution in [-0.4, -0.2) is 44.7 Å². The quantitative estimate of drug-likeness (QED) is 0.188. The third-order valence-corrected chi connectivity index (χ3v) is 3.30. The van der Waals surface area contributed by atoms with Crippen LogP contribution in [0.5, 0.6) is 0 Å². The van der Waals surface area contributed by atoms with E-state index in [2.05, 4.69) is 15.2 Å². The molecule has 9 heteroatoms. The first-order valence-electron chi connectivity index (χ1n) is 4.50. The molecule has 1 unspecified atom stereocenters. The monoisotopic (exact) mass is 252 g/mol. The van der Waals surface area contributed by atoms with Crippen LogP contribution >= 0.6 is 0 Å². The Hall–Kier alpha value is -1.35. The number of carbonyl (C=O) groups is 1. The number of amidine groups is 1. The van der Waals surface area contributed by atoms with Crippen molar-refractivity contribution in [3.05, 3.63) is 0 Å². The summed E-state index contributed by atoms with van der Waals surface area (Å²) in [5.74, 6) is -1.75. The first-order chi connectivity index (χ1) is 7.34. The summed E-state index contributed by atoms with van der Waals surface area (Å²) in [6, 6.07) is 0. The molecule has 94 valence electrons. The van der Waals surface area contributed by atoms with Gasteiger partial charge in [-0.25, -0.2) is 13.1 Å². The maximum Gasteiger partial charge on any atom is 0.230 e. The number of carbonyl (C=O) groups excluding carboxylic acids is 1. The summed E-state index contributed by atoms with van der Waals surface area (Å²) in [4.78, 5) is 11.3. The van der Waals surface area contributed by atoms with Gasteiger partial charge in [0.1, 0.15) is 0 Å². The molecular weight excluding hydrogens is 236 g/mol. The average Bonchev–Trinajstić information content (AvgIpc) is 2.26. The van der Waals surface area contributed by atoms with Crippen LogP contribution in [0.1, 0.15) is 6.92 Å². The van der Waals surface area contributed by atoms with E-state index < -0.39 is 21.8 Å². The second-order valence-electron chi connectivity index (χ2n) is 3.06. The van der Waals surface area contributed by atoms with Gasteiger partial charge in [-0.2, -0.15) is 0 Å². The van der Waals surface area contributed by atoms with Crippen LogP contribution in [-0.2, 0) is 14.8 Å². The molecule has 8 nitrogen and oxygen atoms in total. The van der Waals surface area contributed by atoms with Crippen molar-refractivity contribution in [3.63, 3.8) is 0 Å². The summed E-state index contributed by atoms with van der Waals surface area (Å²) in [6.45, 7) is 1.40. The van der Waals surface area contributed by atoms with Gasteiger partial charge in [-0.15, -0.1) is 0 Å². The largest absolute Gasteiger partial charge is 0.409 e. The topological polar surface area (TPSA) is 134 Å². The molecule has 5 N–H and O–H groups in total. The molecule has 0 bridgehead atoms. The molecule has 0 aliphatic rings. The zero-order valence-electron chi connectivity index (χ0n) is 9.10. The lowest BCUT2D eigenvalue weighted by molar-refractivity contribution is -0.122. The highest BCUT2D eigenvalue weighted by atomic mass is 32.2. The van der Waals surface area contributed by atoms with Crippen LogP contribution in [0, 0.1) is 5.92 Å². The van der Waals surface area contributed by atoms with Crippen LogP contribution in [0.4, 0.5) is 0 Å². The number of oxime groups is 1. The number of amides is 1. The van der Waals surface area contributed by atoms with E-state index in [4.69, 9.17) is 10.9 Å². The SMILES string of the molecule is CNS(=O)(=O)CCNC(=O)C(C)C(N)=NO. The molecule has 0 saturated carbocycles. The van der Waals surface area contributed by atoms with Crippen molar-refractivity contribution in [3.8, 4) is 0 Å². The molecule has 0 aromatic heterocycles. The van der Waals surface area contributed by atoms with E-state index in [-0.39, 0.29) is 18.1 Å². The normalized spacial score (nSPS) is 14.5. The standard InChI is InChI=1S/C7H16N4O4S/c1-5(6(8)11-13)7(12)10-3-4-16(14,15)9-2/h5,9,13H,3-4H2,1-2H3,(H2,8,11)(H,10,12). The summed E-state index contributed by atoms with van der Waals surface area (Å²) in [5.41, 5.74) is 5.21. The Kier molecular flexibility index (Phi) is 5.75. The van der Waals surface area contributed by atoms with Gasteiger partial charge >= 0.3 is 0 Å². The van der Waals surface area contributed by atoms with Crippen LogP contribution in [0.25, 0.3) is 0 Å². The van der Waals surface area contributed by atoms with E-state index in [1.54, 1.807) is 0 Å². The number of nitrogens with two attached hydrogens (primary N) is 1. The minimum Gasteiger partial charge on any atom is -0.409 e. The second-order valence-corrected chi connectivity index (χ2v) is 5.11. The van der Waals surface area contributed by atoms with E-state index in [9.17, 15) is 13.2 Å². The minimum absolute atomic E-state index is 0.0367. The molecule has 0 radical (unpaired) electrons. The molecule has 0 aliphatic carbocycles. The van der Waals surface area contributed by atoms with Crippen molar-refractivity contribution in [1.82, 2.24) is 10.0 Å². The molecule has 0 aliphatic heterocycles. The predicted octanol–water partition coefficient (Wildman–Crippen LogP) is -1.97. The van der Waals surface area contributed by atoms with Gasteiger partial charge in [0.25, 0.3) is 0 Å². The molecule has 0 fully saturated rings. The molecule has 16 heavy (non-hydrogen) atoms. The van der Waals surface area contributed by atoms with Crippen molar-refractivity contribution in [2.24, 2.45) is 16.8 Å². The molecule has 0 heterocycles. The fourth-order valence-corrected chi connectivity index (χ4v) is 1.36. The lowest BCUT2D eigenvalue weighted by Crippen LogP contribution is -2.40. The fourth-order valence-electron chi connectivity index (χ4n) is 0.785. The molecule has 0 aromatic carbocycles. The summed E-state index contributed by atoms with van der Waals surface area (Å²) in [5, 5.41) is 13.4. The van der Waals surface area contributed by atoms with Crippen LogP contribution in [0.15, 0.2) is 5.16 Å².